The van der Waals surface area contributed by atoms with Crippen LogP contribution in [0.15, 0.2) is 78.9 Å². The molecular weight excluding hydrogens is 312 g/mol. The predicted molar refractivity (Wildman–Crippen MR) is 118 cm³/mol. The number of hydrogen-bond acceptors (Lipinski definition) is 0. The number of aryl methyl sites for hydroxylation is 2. The van der Waals surface area contributed by atoms with Gasteiger partial charge in [0.15, 0.2) is 0 Å². The van der Waals surface area contributed by atoms with Gasteiger partial charge in [-0.3, -0.25) is 0 Å². The van der Waals surface area contributed by atoms with Crippen LogP contribution in [-0.2, 0) is 0 Å². The minimum Gasteiger partial charge on any atom is -0.0961 e. The highest BCUT2D eigenvalue weighted by atomic mass is 14.1. The number of fused-ring (bicyclic) bond motifs is 1. The summed E-state index contributed by atoms with van der Waals surface area (Å²) in [5.74, 6) is 0.586. The third-order valence-electron chi connectivity index (χ3n) is 4.42. The minimum atomic E-state index is 0.586. The smallest absolute Gasteiger partial charge is 0.0181 e. The molecular formula is C26H30. The molecule has 134 valence electrons. The normalized spacial score (nSPS) is 10.8. The van der Waals surface area contributed by atoms with Gasteiger partial charge in [-0.1, -0.05) is 104 Å². The number of allylic oxidation sites excluding steroid dienone is 2. The van der Waals surface area contributed by atoms with Crippen molar-refractivity contribution in [3.8, 4) is 0 Å². The molecule has 3 rings (SSSR count). The maximum absolute atomic E-state index is 3.87. The van der Waals surface area contributed by atoms with E-state index in [9.17, 15) is 0 Å². The van der Waals surface area contributed by atoms with E-state index in [1.807, 2.05) is 6.92 Å². The van der Waals surface area contributed by atoms with Gasteiger partial charge in [0.1, 0.15) is 0 Å². The molecule has 0 spiro atoms. The lowest BCUT2D eigenvalue weighted by Gasteiger charge is -2.08. The standard InChI is InChI=1S/C15H20.C11H10/c1-11(2)6-8-15-10-14(12(3)4)9-7-13(15)5;1-9-6-7-10-4-2-3-5-11(10)8-9/h6-10,12H,1H2,2-5H3;2-8H,1H3/b8-6-;. The van der Waals surface area contributed by atoms with Crippen LogP contribution in [0.3, 0.4) is 0 Å². The van der Waals surface area contributed by atoms with E-state index in [2.05, 4.69) is 107 Å². The number of benzene rings is 3. The molecule has 0 amide bonds. The van der Waals surface area contributed by atoms with Crippen LogP contribution in [0, 0.1) is 13.8 Å². The third kappa shape index (κ3) is 5.74. The summed E-state index contributed by atoms with van der Waals surface area (Å²) in [5.41, 5.74) is 6.41. The Morgan fingerprint density at radius 2 is 1.58 bits per heavy atom. The molecule has 0 atom stereocenters. The largest absolute Gasteiger partial charge is 0.0961 e. The topological polar surface area (TPSA) is 0 Å². The molecule has 0 aliphatic rings. The Bertz CT molecular complexity index is 910. The van der Waals surface area contributed by atoms with Crippen LogP contribution in [0.1, 0.15) is 48.9 Å². The Labute approximate surface area is 158 Å². The van der Waals surface area contributed by atoms with E-state index in [-0.39, 0.29) is 0 Å². The second kappa shape index (κ2) is 9.20. The van der Waals surface area contributed by atoms with Gasteiger partial charge in [-0.25, -0.2) is 0 Å². The van der Waals surface area contributed by atoms with Crippen LogP contribution in [-0.4, -0.2) is 0 Å². The maximum atomic E-state index is 3.87. The van der Waals surface area contributed by atoms with Gasteiger partial charge in [-0.2, -0.15) is 0 Å². The van der Waals surface area contributed by atoms with E-state index in [0.29, 0.717) is 5.92 Å². The summed E-state index contributed by atoms with van der Waals surface area (Å²) in [5, 5.41) is 2.64. The third-order valence-corrected chi connectivity index (χ3v) is 4.42. The summed E-state index contributed by atoms with van der Waals surface area (Å²) in [4.78, 5) is 0. The zero-order valence-corrected chi connectivity index (χ0v) is 16.7. The van der Waals surface area contributed by atoms with Crippen molar-refractivity contribution >= 4 is 16.8 Å². The fraction of sp³-hybridized carbons (Fsp3) is 0.231. The van der Waals surface area contributed by atoms with Crippen molar-refractivity contribution in [1.29, 1.82) is 0 Å². The lowest BCUT2D eigenvalue weighted by Crippen LogP contribution is -1.90. The average Bonchev–Trinajstić information content (AvgIpc) is 2.61. The predicted octanol–water partition coefficient (Wildman–Crippen LogP) is 7.86. The van der Waals surface area contributed by atoms with E-state index in [1.54, 1.807) is 0 Å². The molecule has 0 saturated heterocycles. The van der Waals surface area contributed by atoms with E-state index in [1.165, 1.54) is 33.0 Å². The second-order valence-electron chi connectivity index (χ2n) is 7.30. The highest BCUT2D eigenvalue weighted by Gasteiger charge is 2.01. The Morgan fingerprint density at radius 1 is 0.885 bits per heavy atom. The van der Waals surface area contributed by atoms with Gasteiger partial charge in [0.2, 0.25) is 0 Å². The van der Waals surface area contributed by atoms with Crippen molar-refractivity contribution in [2.75, 3.05) is 0 Å². The van der Waals surface area contributed by atoms with Gasteiger partial charge in [-0.05, 0) is 54.2 Å². The average molecular weight is 343 g/mol. The maximum Gasteiger partial charge on any atom is -0.0181 e. The molecule has 0 bridgehead atoms. The fourth-order valence-corrected chi connectivity index (χ4v) is 2.74. The van der Waals surface area contributed by atoms with Crippen LogP contribution in [0.5, 0.6) is 0 Å². The lowest BCUT2D eigenvalue weighted by molar-refractivity contribution is 0.865. The Balaban J connectivity index is 0.000000195. The molecule has 26 heavy (non-hydrogen) atoms. The summed E-state index contributed by atoms with van der Waals surface area (Å²) in [6.07, 6.45) is 4.20. The minimum absolute atomic E-state index is 0.586. The van der Waals surface area contributed by atoms with Crippen molar-refractivity contribution < 1.29 is 0 Å². The van der Waals surface area contributed by atoms with E-state index >= 15 is 0 Å². The molecule has 0 aliphatic heterocycles. The second-order valence-corrected chi connectivity index (χ2v) is 7.30. The SMILES string of the molecule is C=C(C)/C=C\c1cc(C(C)C)ccc1C.Cc1ccc2ccccc2c1. The van der Waals surface area contributed by atoms with Gasteiger partial charge >= 0.3 is 0 Å². The summed E-state index contributed by atoms with van der Waals surface area (Å²) in [7, 11) is 0. The summed E-state index contributed by atoms with van der Waals surface area (Å²) < 4.78 is 0. The lowest BCUT2D eigenvalue weighted by atomic mass is 9.97. The first-order valence-electron chi connectivity index (χ1n) is 9.26. The van der Waals surface area contributed by atoms with Crippen molar-refractivity contribution in [3.05, 3.63) is 101 Å². The monoisotopic (exact) mass is 342 g/mol. The quantitative estimate of drug-likeness (QED) is 0.425. The van der Waals surface area contributed by atoms with Gasteiger partial charge < -0.3 is 0 Å². The van der Waals surface area contributed by atoms with Crippen molar-refractivity contribution in [2.24, 2.45) is 0 Å². The van der Waals surface area contributed by atoms with Crippen molar-refractivity contribution in [3.63, 3.8) is 0 Å². The molecule has 3 aromatic rings. The van der Waals surface area contributed by atoms with Crippen LogP contribution < -0.4 is 0 Å². The van der Waals surface area contributed by atoms with Crippen molar-refractivity contribution in [2.45, 2.75) is 40.5 Å². The molecule has 3 aromatic carbocycles. The first kappa shape index (κ1) is 19.7. The van der Waals surface area contributed by atoms with Crippen LogP contribution in [0.2, 0.25) is 0 Å². The van der Waals surface area contributed by atoms with Gasteiger partial charge in [0.05, 0.1) is 0 Å². The zero-order valence-electron chi connectivity index (χ0n) is 16.7. The Kier molecular flexibility index (Phi) is 6.97. The van der Waals surface area contributed by atoms with Gasteiger partial charge in [0, 0.05) is 0 Å². The first-order valence-corrected chi connectivity index (χ1v) is 9.26. The summed E-state index contributed by atoms with van der Waals surface area (Å²) in [6, 6.07) is 21.6. The van der Waals surface area contributed by atoms with E-state index < -0.39 is 0 Å². The fourth-order valence-electron chi connectivity index (χ4n) is 2.74. The molecule has 0 fully saturated rings. The molecule has 0 aliphatic carbocycles. The zero-order chi connectivity index (χ0) is 19.1. The number of hydrogen-bond donors (Lipinski definition) is 0. The molecule has 0 aromatic heterocycles. The summed E-state index contributed by atoms with van der Waals surface area (Å²) in [6.45, 7) is 14.6. The molecule has 0 heteroatoms. The summed E-state index contributed by atoms with van der Waals surface area (Å²) >= 11 is 0. The van der Waals surface area contributed by atoms with Gasteiger partial charge in [0.25, 0.3) is 0 Å². The molecule has 0 saturated carbocycles. The molecule has 0 radical (unpaired) electrons. The first-order chi connectivity index (χ1) is 12.4. The molecule has 0 unspecified atom stereocenters. The highest BCUT2D eigenvalue weighted by molar-refractivity contribution is 5.82. The Hall–Kier alpha value is -2.60. The molecule has 0 N–H and O–H groups in total. The number of rotatable bonds is 3. The van der Waals surface area contributed by atoms with Crippen molar-refractivity contribution in [1.82, 2.24) is 0 Å². The van der Waals surface area contributed by atoms with E-state index in [4.69, 9.17) is 0 Å². The van der Waals surface area contributed by atoms with Crippen LogP contribution in [0.25, 0.3) is 16.8 Å². The van der Waals surface area contributed by atoms with E-state index in [0.717, 1.165) is 5.57 Å². The van der Waals surface area contributed by atoms with Crippen LogP contribution in [0.4, 0.5) is 0 Å². The molecule has 0 heterocycles. The molecule has 0 nitrogen and oxygen atoms in total. The van der Waals surface area contributed by atoms with Gasteiger partial charge in [-0.15, -0.1) is 0 Å². The Morgan fingerprint density at radius 3 is 2.23 bits per heavy atom. The highest BCUT2D eigenvalue weighted by Crippen LogP contribution is 2.20. The van der Waals surface area contributed by atoms with Crippen LogP contribution >= 0.6 is 0 Å².